The van der Waals surface area contributed by atoms with Crippen LogP contribution < -0.4 is 15.3 Å². The third-order valence-electron chi connectivity index (χ3n) is 4.84. The van der Waals surface area contributed by atoms with Crippen LogP contribution >= 0.6 is 11.6 Å². The Bertz CT molecular complexity index is 956. The first-order chi connectivity index (χ1) is 14.0. The van der Waals surface area contributed by atoms with Crippen LogP contribution in [0.1, 0.15) is 37.5 Å². The summed E-state index contributed by atoms with van der Waals surface area (Å²) in [7, 11) is 1.64. The van der Waals surface area contributed by atoms with Crippen molar-refractivity contribution < 1.29 is 9.47 Å². The van der Waals surface area contributed by atoms with Crippen molar-refractivity contribution >= 4 is 28.8 Å². The van der Waals surface area contributed by atoms with Gasteiger partial charge in [-0.25, -0.2) is 10.8 Å². The summed E-state index contributed by atoms with van der Waals surface area (Å²) in [5.74, 6) is 8.31. The van der Waals surface area contributed by atoms with Gasteiger partial charge in [-0.2, -0.15) is 0 Å². The molecule has 7 heteroatoms. The van der Waals surface area contributed by atoms with Gasteiger partial charge in [0.05, 0.1) is 31.7 Å². The van der Waals surface area contributed by atoms with Crippen LogP contribution in [0.5, 0.6) is 11.5 Å². The predicted molar refractivity (Wildman–Crippen MR) is 119 cm³/mol. The molecule has 6 nitrogen and oxygen atoms in total. The van der Waals surface area contributed by atoms with Crippen molar-refractivity contribution in [1.82, 2.24) is 5.01 Å². The average molecular weight is 415 g/mol. The van der Waals surface area contributed by atoms with Crippen LogP contribution in [-0.2, 0) is 6.42 Å². The molecule has 0 saturated heterocycles. The number of aliphatic imine (C=N–C) groups is 2. The van der Waals surface area contributed by atoms with E-state index in [1.807, 2.05) is 44.2 Å². The quantitative estimate of drug-likeness (QED) is 0.562. The minimum absolute atomic E-state index is 0.357. The van der Waals surface area contributed by atoms with E-state index < -0.39 is 0 Å². The van der Waals surface area contributed by atoms with Gasteiger partial charge < -0.3 is 9.47 Å². The Morgan fingerprint density at radius 2 is 1.93 bits per heavy atom. The summed E-state index contributed by atoms with van der Waals surface area (Å²) in [4.78, 5) is 9.70. The SMILES string of the molecule is CCOc1ccc(OC)cc1C1=NCC(N(N)CC)=Nc2cc(CC)c(Cl)cc21. The number of hydrogen-bond donors (Lipinski definition) is 1. The smallest absolute Gasteiger partial charge is 0.141 e. The predicted octanol–water partition coefficient (Wildman–Crippen LogP) is 4.39. The Morgan fingerprint density at radius 3 is 2.59 bits per heavy atom. The molecule has 2 aromatic rings. The highest BCUT2D eigenvalue weighted by atomic mass is 35.5. The molecule has 1 aliphatic rings. The fourth-order valence-corrected chi connectivity index (χ4v) is 3.54. The number of aryl methyl sites for hydroxylation is 1. The highest BCUT2D eigenvalue weighted by Gasteiger charge is 2.22. The molecule has 1 aliphatic heterocycles. The molecule has 2 N–H and O–H groups in total. The first-order valence-electron chi connectivity index (χ1n) is 9.80. The molecule has 154 valence electrons. The van der Waals surface area contributed by atoms with Crippen LogP contribution in [-0.4, -0.2) is 43.4 Å². The molecular weight excluding hydrogens is 388 g/mol. The Morgan fingerprint density at radius 1 is 1.14 bits per heavy atom. The minimum Gasteiger partial charge on any atom is -0.497 e. The fraction of sp³-hybridized carbons (Fsp3) is 0.364. The largest absolute Gasteiger partial charge is 0.497 e. The molecule has 0 aliphatic carbocycles. The summed E-state index contributed by atoms with van der Waals surface area (Å²) in [6.45, 7) is 7.54. The number of nitrogens with two attached hydrogens (primary N) is 1. The van der Waals surface area contributed by atoms with Crippen LogP contribution in [0.3, 0.4) is 0 Å². The van der Waals surface area contributed by atoms with E-state index in [1.165, 1.54) is 0 Å². The van der Waals surface area contributed by atoms with Crippen LogP contribution in [0.2, 0.25) is 5.02 Å². The molecule has 0 aromatic heterocycles. The number of amidine groups is 1. The zero-order chi connectivity index (χ0) is 21.0. The topological polar surface area (TPSA) is 72.4 Å². The first kappa shape index (κ1) is 21.1. The summed E-state index contributed by atoms with van der Waals surface area (Å²) in [6.07, 6.45) is 0.812. The molecule has 2 aromatic carbocycles. The number of fused-ring (bicyclic) bond motifs is 1. The maximum absolute atomic E-state index is 6.56. The van der Waals surface area contributed by atoms with E-state index in [-0.39, 0.29) is 0 Å². The lowest BCUT2D eigenvalue weighted by atomic mass is 9.97. The molecule has 0 bridgehead atoms. The van der Waals surface area contributed by atoms with Crippen LogP contribution in [0, 0.1) is 0 Å². The van der Waals surface area contributed by atoms with Crippen molar-refractivity contribution in [3.63, 3.8) is 0 Å². The van der Waals surface area contributed by atoms with E-state index in [0.29, 0.717) is 30.6 Å². The van der Waals surface area contributed by atoms with E-state index in [9.17, 15) is 0 Å². The maximum Gasteiger partial charge on any atom is 0.141 e. The van der Waals surface area contributed by atoms with Crippen molar-refractivity contribution in [2.24, 2.45) is 15.8 Å². The molecule has 3 rings (SSSR count). The van der Waals surface area contributed by atoms with E-state index >= 15 is 0 Å². The van der Waals surface area contributed by atoms with E-state index in [0.717, 1.165) is 46.0 Å². The molecule has 1 heterocycles. The fourth-order valence-electron chi connectivity index (χ4n) is 3.24. The van der Waals surface area contributed by atoms with Crippen LogP contribution in [0.4, 0.5) is 5.69 Å². The highest BCUT2D eigenvalue weighted by Crippen LogP contribution is 2.35. The zero-order valence-electron chi connectivity index (χ0n) is 17.3. The van der Waals surface area contributed by atoms with E-state index in [1.54, 1.807) is 12.1 Å². The van der Waals surface area contributed by atoms with Gasteiger partial charge in [-0.1, -0.05) is 18.5 Å². The third kappa shape index (κ3) is 4.38. The Balaban J connectivity index is 2.25. The summed E-state index contributed by atoms with van der Waals surface area (Å²) < 4.78 is 11.3. The molecule has 0 fully saturated rings. The Hall–Kier alpha value is -2.57. The molecule has 29 heavy (non-hydrogen) atoms. The van der Waals surface area contributed by atoms with Crippen molar-refractivity contribution in [3.8, 4) is 11.5 Å². The average Bonchev–Trinajstić information content (AvgIpc) is 2.92. The number of rotatable bonds is 6. The summed E-state index contributed by atoms with van der Waals surface area (Å²) >= 11 is 6.56. The summed E-state index contributed by atoms with van der Waals surface area (Å²) in [5, 5.41) is 2.31. The molecule has 0 saturated carbocycles. The van der Waals surface area contributed by atoms with Gasteiger partial charge in [-0.15, -0.1) is 0 Å². The van der Waals surface area contributed by atoms with Crippen LogP contribution in [0.25, 0.3) is 0 Å². The number of ether oxygens (including phenoxy) is 2. The lowest BCUT2D eigenvalue weighted by Gasteiger charge is -2.16. The lowest BCUT2D eigenvalue weighted by molar-refractivity contribution is 0.338. The van der Waals surface area contributed by atoms with Gasteiger partial charge in [0.25, 0.3) is 0 Å². The second kappa shape index (κ2) is 9.29. The molecular formula is C22H27ClN4O2. The highest BCUT2D eigenvalue weighted by molar-refractivity contribution is 6.32. The number of likely N-dealkylation sites (N-methyl/N-ethyl adjacent to an activating group) is 1. The maximum atomic E-state index is 6.56. The number of benzene rings is 2. The number of nitrogens with zero attached hydrogens (tertiary/aromatic N) is 3. The zero-order valence-corrected chi connectivity index (χ0v) is 18.1. The number of hydrazine groups is 1. The monoisotopic (exact) mass is 414 g/mol. The third-order valence-corrected chi connectivity index (χ3v) is 5.19. The molecule has 0 amide bonds. The molecule has 0 spiro atoms. The van der Waals surface area contributed by atoms with Gasteiger partial charge in [0.2, 0.25) is 0 Å². The van der Waals surface area contributed by atoms with E-state index in [4.69, 9.17) is 36.9 Å². The minimum atomic E-state index is 0.357. The van der Waals surface area contributed by atoms with E-state index in [2.05, 4.69) is 6.92 Å². The first-order valence-corrected chi connectivity index (χ1v) is 10.2. The Labute approximate surface area is 177 Å². The van der Waals surface area contributed by atoms with Gasteiger partial charge in [-0.05, 0) is 56.2 Å². The van der Waals surface area contributed by atoms with Crippen molar-refractivity contribution in [2.75, 3.05) is 26.8 Å². The number of hydrogen-bond acceptors (Lipinski definition) is 6. The van der Waals surface area contributed by atoms with Crippen molar-refractivity contribution in [3.05, 3.63) is 52.0 Å². The second-order valence-corrected chi connectivity index (χ2v) is 7.00. The van der Waals surface area contributed by atoms with Gasteiger partial charge >= 0.3 is 0 Å². The Kier molecular flexibility index (Phi) is 6.77. The second-order valence-electron chi connectivity index (χ2n) is 6.59. The normalized spacial score (nSPS) is 13.2. The molecule has 0 unspecified atom stereocenters. The van der Waals surface area contributed by atoms with Gasteiger partial charge in [0.15, 0.2) is 0 Å². The molecule has 0 radical (unpaired) electrons. The number of halogens is 1. The van der Waals surface area contributed by atoms with Gasteiger partial charge in [0.1, 0.15) is 17.3 Å². The van der Waals surface area contributed by atoms with Crippen LogP contribution in [0.15, 0.2) is 40.3 Å². The molecule has 0 atom stereocenters. The van der Waals surface area contributed by atoms with Crippen molar-refractivity contribution in [1.29, 1.82) is 0 Å². The summed E-state index contributed by atoms with van der Waals surface area (Å²) in [6, 6.07) is 9.65. The standard InChI is InChI=1S/C22H27ClN4O2/c1-5-14-10-19-16(12-18(14)23)22(25-13-21(26-19)27(24)6-2)17-11-15(28-4)8-9-20(17)29-7-3/h8-12H,5-7,13,24H2,1-4H3. The van der Waals surface area contributed by atoms with Crippen molar-refractivity contribution in [2.45, 2.75) is 27.2 Å². The lowest BCUT2D eigenvalue weighted by Crippen LogP contribution is -2.38. The number of methoxy groups -OCH3 is 1. The van der Waals surface area contributed by atoms with Gasteiger partial charge in [0, 0.05) is 22.7 Å². The summed E-state index contributed by atoms with van der Waals surface area (Å²) in [5.41, 5.74) is 4.28. The van der Waals surface area contributed by atoms with Gasteiger partial charge in [-0.3, -0.25) is 10.0 Å².